The lowest BCUT2D eigenvalue weighted by Crippen LogP contribution is -2.00. The molecule has 3 heteroatoms. The molecule has 0 saturated carbocycles. The van der Waals surface area contributed by atoms with E-state index in [4.69, 9.17) is 7.85 Å². The van der Waals surface area contributed by atoms with E-state index in [0.717, 1.165) is 5.69 Å². The van der Waals surface area contributed by atoms with E-state index in [0.29, 0.717) is 11.0 Å². The molecule has 0 atom stereocenters. The Labute approximate surface area is 95.7 Å². The lowest BCUT2D eigenvalue weighted by molar-refractivity contribution is 0.475. The van der Waals surface area contributed by atoms with E-state index in [1.165, 1.54) is 6.07 Å². The Balaban J connectivity index is 2.24. The zero-order valence-electron chi connectivity index (χ0n) is 8.67. The Bertz CT molecular complexity index is 509. The molecule has 0 aromatic heterocycles. The molecule has 0 aliphatic carbocycles. The molecule has 0 aliphatic rings. The van der Waals surface area contributed by atoms with Crippen LogP contribution in [0.4, 0.5) is 5.69 Å². The average Bonchev–Trinajstić information content (AvgIpc) is 2.29. The van der Waals surface area contributed by atoms with Gasteiger partial charge >= 0.3 is 0 Å². The van der Waals surface area contributed by atoms with Crippen molar-refractivity contribution in [2.75, 3.05) is 0 Å². The average molecular weight is 207 g/mol. The maximum absolute atomic E-state index is 9.60. The molecule has 2 radical (unpaired) electrons. The van der Waals surface area contributed by atoms with E-state index in [1.54, 1.807) is 18.3 Å². The second-order valence-electron chi connectivity index (χ2n) is 3.41. The van der Waals surface area contributed by atoms with Crippen molar-refractivity contribution in [2.45, 2.75) is 0 Å². The molecule has 1 N–H and O–H groups in total. The molecule has 0 unspecified atom stereocenters. The summed E-state index contributed by atoms with van der Waals surface area (Å²) in [7, 11) is 5.53. The third kappa shape index (κ3) is 2.51. The summed E-state index contributed by atoms with van der Waals surface area (Å²) in [6.07, 6.45) is 1.62. The van der Waals surface area contributed by atoms with Gasteiger partial charge in [-0.1, -0.05) is 35.8 Å². The Morgan fingerprint density at radius 3 is 2.50 bits per heavy atom. The number of phenolic OH excluding ortho intramolecular Hbond substituents is 1. The molecule has 2 aromatic carbocycles. The lowest BCUT2D eigenvalue weighted by Gasteiger charge is -1.99. The topological polar surface area (TPSA) is 32.6 Å². The Hall–Kier alpha value is -2.03. The van der Waals surface area contributed by atoms with Gasteiger partial charge in [0.05, 0.1) is 5.69 Å². The monoisotopic (exact) mass is 207 g/mol. The molecular formula is C13H10BNO. The van der Waals surface area contributed by atoms with Crippen molar-refractivity contribution in [1.82, 2.24) is 0 Å². The van der Waals surface area contributed by atoms with Gasteiger partial charge in [0.1, 0.15) is 13.6 Å². The summed E-state index contributed by atoms with van der Waals surface area (Å²) in [5, 5.41) is 9.60. The summed E-state index contributed by atoms with van der Waals surface area (Å²) in [6, 6.07) is 14.5. The quantitative estimate of drug-likeness (QED) is 0.592. The highest BCUT2D eigenvalue weighted by atomic mass is 16.3. The van der Waals surface area contributed by atoms with Crippen LogP contribution in [-0.4, -0.2) is 19.2 Å². The molecule has 0 spiro atoms. The minimum absolute atomic E-state index is 0.139. The molecule has 2 rings (SSSR count). The Kier molecular flexibility index (Phi) is 3.06. The van der Waals surface area contributed by atoms with Gasteiger partial charge in [0.2, 0.25) is 0 Å². The standard InChI is InChI=1S/C13H10BNO/c14-11-7-6-10(13(16)8-11)9-15-12-4-2-1-3-5-12/h1-9,16H. The van der Waals surface area contributed by atoms with Crippen LogP contribution in [0.1, 0.15) is 5.56 Å². The largest absolute Gasteiger partial charge is 0.507 e. The first-order chi connectivity index (χ1) is 7.75. The van der Waals surface area contributed by atoms with Gasteiger partial charge in [0, 0.05) is 11.8 Å². The van der Waals surface area contributed by atoms with Crippen molar-refractivity contribution in [1.29, 1.82) is 0 Å². The van der Waals surface area contributed by atoms with E-state index in [2.05, 4.69) is 4.99 Å². The Morgan fingerprint density at radius 2 is 1.81 bits per heavy atom. The summed E-state index contributed by atoms with van der Waals surface area (Å²) in [4.78, 5) is 4.24. The number of nitrogens with zero attached hydrogens (tertiary/aromatic N) is 1. The molecule has 0 bridgehead atoms. The smallest absolute Gasteiger partial charge is 0.123 e. The van der Waals surface area contributed by atoms with Gasteiger partial charge in [-0.25, -0.2) is 0 Å². The fraction of sp³-hybridized carbons (Fsp3) is 0. The molecule has 16 heavy (non-hydrogen) atoms. The second-order valence-corrected chi connectivity index (χ2v) is 3.41. The first-order valence-corrected chi connectivity index (χ1v) is 4.93. The maximum Gasteiger partial charge on any atom is 0.123 e. The fourth-order valence-electron chi connectivity index (χ4n) is 1.33. The maximum atomic E-state index is 9.60. The van der Waals surface area contributed by atoms with Crippen molar-refractivity contribution >= 4 is 25.2 Å². The van der Waals surface area contributed by atoms with Gasteiger partial charge in [-0.2, -0.15) is 0 Å². The van der Waals surface area contributed by atoms with Crippen molar-refractivity contribution < 1.29 is 5.11 Å². The summed E-state index contributed by atoms with van der Waals surface area (Å²) < 4.78 is 0. The number of aliphatic imine (C=N–C) groups is 1. The zero-order valence-corrected chi connectivity index (χ0v) is 8.67. The van der Waals surface area contributed by atoms with E-state index in [-0.39, 0.29) is 5.75 Å². The van der Waals surface area contributed by atoms with Crippen LogP contribution in [0.5, 0.6) is 5.75 Å². The molecule has 2 aromatic rings. The number of benzene rings is 2. The Morgan fingerprint density at radius 1 is 1.06 bits per heavy atom. The molecule has 2 nitrogen and oxygen atoms in total. The normalized spacial score (nSPS) is 10.8. The van der Waals surface area contributed by atoms with Crippen LogP contribution in [0.3, 0.4) is 0 Å². The molecule has 0 fully saturated rings. The molecule has 0 heterocycles. The number of rotatable bonds is 2. The van der Waals surface area contributed by atoms with Crippen molar-refractivity contribution in [3.8, 4) is 5.75 Å². The van der Waals surface area contributed by atoms with Gasteiger partial charge in [0.15, 0.2) is 0 Å². The van der Waals surface area contributed by atoms with Gasteiger partial charge in [0.25, 0.3) is 0 Å². The molecule has 0 saturated heterocycles. The summed E-state index contributed by atoms with van der Waals surface area (Å²) in [5.41, 5.74) is 2.03. The third-order valence-corrected chi connectivity index (χ3v) is 2.16. The highest BCUT2D eigenvalue weighted by molar-refractivity contribution is 6.32. The van der Waals surface area contributed by atoms with Crippen molar-refractivity contribution in [2.24, 2.45) is 4.99 Å². The summed E-state index contributed by atoms with van der Waals surface area (Å²) in [5.74, 6) is 0.139. The van der Waals surface area contributed by atoms with Crippen LogP contribution in [0.15, 0.2) is 53.5 Å². The predicted molar refractivity (Wildman–Crippen MR) is 67.2 cm³/mol. The van der Waals surface area contributed by atoms with Gasteiger partial charge in [-0.15, -0.1) is 0 Å². The summed E-state index contributed by atoms with van der Waals surface area (Å²) in [6.45, 7) is 0. The minimum Gasteiger partial charge on any atom is -0.507 e. The van der Waals surface area contributed by atoms with Crippen LogP contribution in [-0.2, 0) is 0 Å². The van der Waals surface area contributed by atoms with E-state index < -0.39 is 0 Å². The van der Waals surface area contributed by atoms with Gasteiger partial charge < -0.3 is 5.11 Å². The van der Waals surface area contributed by atoms with Crippen LogP contribution in [0.2, 0.25) is 0 Å². The fourth-order valence-corrected chi connectivity index (χ4v) is 1.33. The first-order valence-electron chi connectivity index (χ1n) is 4.93. The highest BCUT2D eigenvalue weighted by Gasteiger charge is 1.97. The van der Waals surface area contributed by atoms with Crippen molar-refractivity contribution in [3.63, 3.8) is 0 Å². The minimum atomic E-state index is 0.139. The van der Waals surface area contributed by atoms with Gasteiger partial charge in [-0.3, -0.25) is 4.99 Å². The third-order valence-electron chi connectivity index (χ3n) is 2.16. The molecule has 76 valence electrons. The number of para-hydroxylation sites is 1. The number of aromatic hydroxyl groups is 1. The molecule has 0 amide bonds. The first kappa shape index (κ1) is 10.5. The highest BCUT2D eigenvalue weighted by Crippen LogP contribution is 2.14. The molecule has 0 aliphatic heterocycles. The van der Waals surface area contributed by atoms with Crippen LogP contribution < -0.4 is 5.46 Å². The number of hydrogen-bond donors (Lipinski definition) is 1. The zero-order chi connectivity index (χ0) is 11.4. The molecular weight excluding hydrogens is 197 g/mol. The summed E-state index contributed by atoms with van der Waals surface area (Å²) >= 11 is 0. The number of phenols is 1. The SMILES string of the molecule is [B]c1ccc(C=Nc2ccccc2)c(O)c1. The van der Waals surface area contributed by atoms with E-state index in [9.17, 15) is 5.11 Å². The second kappa shape index (κ2) is 4.66. The van der Waals surface area contributed by atoms with Crippen molar-refractivity contribution in [3.05, 3.63) is 54.1 Å². The number of hydrogen-bond acceptors (Lipinski definition) is 2. The predicted octanol–water partition coefficient (Wildman–Crippen LogP) is 1.94. The van der Waals surface area contributed by atoms with Crippen LogP contribution in [0, 0.1) is 0 Å². The van der Waals surface area contributed by atoms with E-state index >= 15 is 0 Å². The van der Waals surface area contributed by atoms with Crippen LogP contribution in [0.25, 0.3) is 0 Å². The lowest BCUT2D eigenvalue weighted by atomic mass is 9.95. The van der Waals surface area contributed by atoms with Gasteiger partial charge in [-0.05, 0) is 18.2 Å². The van der Waals surface area contributed by atoms with E-state index in [1.807, 2.05) is 30.3 Å². The van der Waals surface area contributed by atoms with Crippen LogP contribution >= 0.6 is 0 Å².